The molecule has 0 aromatic carbocycles. The summed E-state index contributed by atoms with van der Waals surface area (Å²) in [7, 11) is 1.20. The molecule has 0 amide bonds. The van der Waals surface area contributed by atoms with Gasteiger partial charge in [0.25, 0.3) is 7.82 Å². The molecule has 0 spiro atoms. The number of carbonyl (C=O) groups excluding carboxylic acids is 2. The lowest BCUT2D eigenvalue weighted by molar-refractivity contribution is -0.870. The van der Waals surface area contributed by atoms with Crippen LogP contribution in [0.15, 0.2) is 0 Å². The van der Waals surface area contributed by atoms with Crippen LogP contribution in [0.25, 0.3) is 0 Å². The van der Waals surface area contributed by atoms with Gasteiger partial charge in [0.15, 0.2) is 6.10 Å². The molecule has 0 N–H and O–H groups in total. The summed E-state index contributed by atoms with van der Waals surface area (Å²) in [4.78, 5) is 38.2. The van der Waals surface area contributed by atoms with E-state index >= 15 is 0 Å². The normalized spacial score (nSPS) is 12.8. The van der Waals surface area contributed by atoms with Crippen LogP contribution >= 0.6 is 7.82 Å². The maximum atomic E-state index is 12.9. The van der Waals surface area contributed by atoms with Crippen LogP contribution < -0.4 is 4.89 Å². The first-order valence-corrected chi connectivity index (χ1v) is 45.7. The van der Waals surface area contributed by atoms with E-state index in [1.54, 1.807) is 0 Å². The fourth-order valence-electron chi connectivity index (χ4n) is 14.1. The van der Waals surface area contributed by atoms with Crippen LogP contribution in [0.1, 0.15) is 495 Å². The summed E-state index contributed by atoms with van der Waals surface area (Å²) in [5, 5.41) is 0. The van der Waals surface area contributed by atoms with Crippen LogP contribution in [0, 0.1) is 0 Å². The summed E-state index contributed by atoms with van der Waals surface area (Å²) < 4.78 is 34.5. The second kappa shape index (κ2) is 79.1. The van der Waals surface area contributed by atoms with Gasteiger partial charge in [-0.1, -0.05) is 470 Å². The third kappa shape index (κ3) is 83.8. The highest BCUT2D eigenvalue weighted by Gasteiger charge is 2.22. The van der Waals surface area contributed by atoms with E-state index in [0.717, 1.165) is 32.1 Å². The fraction of sp³-hybridized carbons (Fsp3) is 0.977. The largest absolute Gasteiger partial charge is 0.756 e. The Morgan fingerprint density at radius 1 is 0.278 bits per heavy atom. The summed E-state index contributed by atoms with van der Waals surface area (Å²) in [6, 6.07) is 0. The molecule has 0 fully saturated rings. The number of carbonyl (C=O) groups is 2. The summed E-state index contributed by atoms with van der Waals surface area (Å²) in [5.74, 6) is -0.798. The van der Waals surface area contributed by atoms with Gasteiger partial charge in [-0.2, -0.15) is 0 Å². The van der Waals surface area contributed by atoms with Crippen molar-refractivity contribution in [3.05, 3.63) is 0 Å². The number of hydrogen-bond donors (Lipinski definition) is 0. The van der Waals surface area contributed by atoms with Crippen LogP contribution in [0.4, 0.5) is 0 Å². The van der Waals surface area contributed by atoms with E-state index < -0.39 is 26.5 Å². The van der Waals surface area contributed by atoms with Crippen molar-refractivity contribution in [3.63, 3.8) is 0 Å². The highest BCUT2D eigenvalue weighted by molar-refractivity contribution is 7.45. The Kier molecular flexibility index (Phi) is 78.3. The number of likely N-dealkylation sites (N-methyl/N-ethyl adjacent to an activating group) is 1. The molecule has 97 heavy (non-hydrogen) atoms. The van der Waals surface area contributed by atoms with E-state index in [-0.39, 0.29) is 32.0 Å². The van der Waals surface area contributed by atoms with Crippen molar-refractivity contribution in [2.45, 2.75) is 502 Å². The van der Waals surface area contributed by atoms with Crippen LogP contribution in [-0.4, -0.2) is 70.0 Å². The Balaban J connectivity index is 3.82. The summed E-state index contributed by atoms with van der Waals surface area (Å²) in [5.41, 5.74) is 0. The molecule has 2 unspecified atom stereocenters. The minimum atomic E-state index is -4.64. The molecule has 2 atom stereocenters. The average Bonchev–Trinajstić information content (AvgIpc) is 1.69. The molecule has 0 saturated carbocycles. The molecule has 0 saturated heterocycles. The maximum absolute atomic E-state index is 12.9. The molecule has 0 radical (unpaired) electrons. The van der Waals surface area contributed by atoms with Gasteiger partial charge in [0.05, 0.1) is 27.7 Å². The topological polar surface area (TPSA) is 111 Å². The lowest BCUT2D eigenvalue weighted by Gasteiger charge is -2.28. The Hall–Kier alpha value is -0.990. The Morgan fingerprint density at radius 3 is 0.660 bits per heavy atom. The predicted molar refractivity (Wildman–Crippen MR) is 421 cm³/mol. The van der Waals surface area contributed by atoms with Gasteiger partial charge < -0.3 is 27.9 Å². The monoisotopic (exact) mass is 1390 g/mol. The van der Waals surface area contributed by atoms with Gasteiger partial charge in [-0.3, -0.25) is 14.2 Å². The van der Waals surface area contributed by atoms with Crippen molar-refractivity contribution in [2.75, 3.05) is 47.5 Å². The lowest BCUT2D eigenvalue weighted by atomic mass is 10.0. The molecule has 0 aromatic heterocycles. The zero-order chi connectivity index (χ0) is 70.4. The van der Waals surface area contributed by atoms with Gasteiger partial charge in [0.1, 0.15) is 19.8 Å². The van der Waals surface area contributed by atoms with E-state index in [1.807, 2.05) is 21.1 Å². The molecule has 0 rings (SSSR count). The first-order chi connectivity index (χ1) is 47.5. The van der Waals surface area contributed by atoms with Crippen molar-refractivity contribution in [3.8, 4) is 0 Å². The SMILES string of the molecule is CCCCCCCCCCCCCCCCCCCCCCCCCCCCCCCCCCCCCCCCCCC(=O)OC(COC(=O)CCCCCCCCCCCCCCCCCCCCCCCCCCCCCCCCCCC)COP(=O)([O-])OCC[N+](C)(C)C. The van der Waals surface area contributed by atoms with Crippen molar-refractivity contribution < 1.29 is 42.1 Å². The van der Waals surface area contributed by atoms with Crippen molar-refractivity contribution in [1.82, 2.24) is 0 Å². The van der Waals surface area contributed by atoms with Crippen molar-refractivity contribution >= 4 is 19.8 Å². The van der Waals surface area contributed by atoms with E-state index in [1.165, 1.54) is 430 Å². The number of hydrogen-bond acceptors (Lipinski definition) is 8. The minimum Gasteiger partial charge on any atom is -0.756 e. The molecule has 0 aliphatic carbocycles. The fourth-order valence-corrected chi connectivity index (χ4v) is 14.9. The molecular weight excluding hydrogens is 1220 g/mol. The number of esters is 2. The Morgan fingerprint density at radius 2 is 0.464 bits per heavy atom. The first kappa shape index (κ1) is 96.0. The van der Waals surface area contributed by atoms with Gasteiger partial charge in [-0.05, 0) is 12.8 Å². The smallest absolute Gasteiger partial charge is 0.306 e. The number of quaternary nitrogens is 1. The average molecular weight is 1390 g/mol. The molecule has 9 nitrogen and oxygen atoms in total. The van der Waals surface area contributed by atoms with Crippen LogP contribution in [0.3, 0.4) is 0 Å². The Bertz CT molecular complexity index is 1590. The molecule has 580 valence electrons. The molecule has 0 aliphatic rings. The van der Waals surface area contributed by atoms with Crippen molar-refractivity contribution in [2.24, 2.45) is 0 Å². The second-order valence-corrected chi connectivity index (χ2v) is 33.4. The van der Waals surface area contributed by atoms with Gasteiger partial charge in [0.2, 0.25) is 0 Å². The molecule has 0 heterocycles. The van der Waals surface area contributed by atoms with E-state index in [9.17, 15) is 19.0 Å². The number of ether oxygens (including phenoxy) is 2. The van der Waals surface area contributed by atoms with Gasteiger partial charge in [-0.15, -0.1) is 0 Å². The lowest BCUT2D eigenvalue weighted by Crippen LogP contribution is -2.37. The highest BCUT2D eigenvalue weighted by atomic mass is 31.2. The maximum Gasteiger partial charge on any atom is 0.306 e. The molecule has 0 aliphatic heterocycles. The third-order valence-electron chi connectivity index (χ3n) is 20.9. The minimum absolute atomic E-state index is 0.0245. The molecule has 0 bridgehead atoms. The van der Waals surface area contributed by atoms with Crippen molar-refractivity contribution in [1.29, 1.82) is 0 Å². The van der Waals surface area contributed by atoms with Gasteiger partial charge >= 0.3 is 11.9 Å². The highest BCUT2D eigenvalue weighted by Crippen LogP contribution is 2.38. The summed E-state index contributed by atoms with van der Waals surface area (Å²) in [6.45, 7) is 4.36. The van der Waals surface area contributed by atoms with Crippen LogP contribution in [0.5, 0.6) is 0 Å². The van der Waals surface area contributed by atoms with E-state index in [4.69, 9.17) is 18.5 Å². The summed E-state index contributed by atoms with van der Waals surface area (Å²) in [6.07, 6.45) is 100.0. The van der Waals surface area contributed by atoms with Crippen LogP contribution in [0.2, 0.25) is 0 Å². The number of nitrogens with zero attached hydrogens (tertiary/aromatic N) is 1. The third-order valence-corrected chi connectivity index (χ3v) is 21.8. The van der Waals surface area contributed by atoms with Gasteiger partial charge in [0, 0.05) is 12.8 Å². The number of rotatable bonds is 85. The Labute approximate surface area is 607 Å². The molecular formula is C87H174NO8P. The van der Waals surface area contributed by atoms with Crippen LogP contribution in [-0.2, 0) is 32.7 Å². The van der Waals surface area contributed by atoms with E-state index in [0.29, 0.717) is 17.4 Å². The zero-order valence-electron chi connectivity index (χ0n) is 66.6. The first-order valence-electron chi connectivity index (χ1n) is 44.2. The molecule has 0 aromatic rings. The predicted octanol–water partition coefficient (Wildman–Crippen LogP) is 28.9. The van der Waals surface area contributed by atoms with E-state index in [2.05, 4.69) is 13.8 Å². The second-order valence-electron chi connectivity index (χ2n) is 32.0. The number of phosphoric ester groups is 1. The number of phosphoric acid groups is 1. The quantitative estimate of drug-likeness (QED) is 0.0256. The summed E-state index contributed by atoms with van der Waals surface area (Å²) >= 11 is 0. The standard InChI is InChI=1S/C87H174NO8P/c1-6-8-10-12-14-16-18-20-22-24-26-28-30-32-34-36-38-40-41-42-43-44-45-46-48-50-52-54-56-58-60-62-64-66-68-70-72-74-76-78-80-87(90)96-85(84-95-97(91,92)94-82-81-88(3,4)5)83-93-86(89)79-77-75-73-71-69-67-65-63-61-59-57-55-53-51-49-47-39-37-35-33-31-29-27-25-23-21-19-17-15-13-11-9-7-2/h85H,6-84H2,1-5H3. The molecule has 10 heteroatoms. The van der Waals surface area contributed by atoms with Gasteiger partial charge in [-0.25, -0.2) is 0 Å². The zero-order valence-corrected chi connectivity index (χ0v) is 67.5. The number of unbranched alkanes of at least 4 members (excludes halogenated alkanes) is 71.